The fourth-order valence-corrected chi connectivity index (χ4v) is 13.5. The highest BCUT2D eigenvalue weighted by atomic mass is 32.2. The minimum atomic E-state index is 0.503. The molecule has 8 heteroatoms. The van der Waals surface area contributed by atoms with E-state index in [9.17, 15) is 0 Å². The molecule has 8 aliphatic rings. The molecular formula is C36H32N4S4. The average molecular weight is 649 g/mol. The van der Waals surface area contributed by atoms with Gasteiger partial charge in [-0.2, -0.15) is 0 Å². The standard InChI is InChI=1S/C36H32N4S4/c1-15(2)21-9-17-5-7-19(21)25-13-29-27(11-23(17)25)37-31-33(39-29)43-35(41-31)36-42-32-34(44-36)40-30-14-26-20-8-6-18(10-22(20)16(3)4)24(26)12-28(30)38-32/h5-8,11-22H,9-10H2,1-4H3/b36-35+. The zero-order valence-electron chi connectivity index (χ0n) is 25.1. The van der Waals surface area contributed by atoms with Gasteiger partial charge in [0.1, 0.15) is 20.1 Å². The number of rotatable bonds is 2. The summed E-state index contributed by atoms with van der Waals surface area (Å²) in [5, 5.41) is 4.11. The van der Waals surface area contributed by atoms with Gasteiger partial charge < -0.3 is 0 Å². The Morgan fingerprint density at radius 1 is 0.500 bits per heavy atom. The SMILES string of the molecule is CC(C)C1CC2C=CC1c1cc3nc4c(nc3cc12)S/C(=C1/Sc2nc3cc5c(cc3nc2S1)C1C=CC5CC1C(C)C)S4. The van der Waals surface area contributed by atoms with Gasteiger partial charge in [-0.15, -0.1) is 0 Å². The third-order valence-electron chi connectivity index (χ3n) is 10.8. The lowest BCUT2D eigenvalue weighted by atomic mass is 9.62. The van der Waals surface area contributed by atoms with Gasteiger partial charge in [0, 0.05) is 23.7 Å². The van der Waals surface area contributed by atoms with Gasteiger partial charge in [0.15, 0.2) is 0 Å². The van der Waals surface area contributed by atoms with Gasteiger partial charge in [0.05, 0.1) is 30.5 Å². The van der Waals surface area contributed by atoms with E-state index in [1.54, 1.807) is 47.0 Å². The molecule has 0 saturated heterocycles. The van der Waals surface area contributed by atoms with Gasteiger partial charge in [-0.05, 0) is 83.0 Å². The molecule has 0 N–H and O–H groups in total. The second kappa shape index (κ2) is 9.63. The van der Waals surface area contributed by atoms with Crippen LogP contribution < -0.4 is 0 Å². The predicted molar refractivity (Wildman–Crippen MR) is 185 cm³/mol. The van der Waals surface area contributed by atoms with E-state index in [0.717, 1.165) is 42.2 Å². The zero-order valence-corrected chi connectivity index (χ0v) is 28.3. The van der Waals surface area contributed by atoms with Crippen LogP contribution in [0.15, 0.2) is 77.1 Å². The lowest BCUT2D eigenvalue weighted by Gasteiger charge is -2.42. The molecule has 6 atom stereocenters. The first-order chi connectivity index (χ1) is 21.4. The van der Waals surface area contributed by atoms with E-state index in [2.05, 4.69) is 76.3 Å². The number of fused-ring (bicyclic) bond motifs is 6. The molecule has 2 aromatic carbocycles. The predicted octanol–water partition coefficient (Wildman–Crippen LogP) is 10.6. The first kappa shape index (κ1) is 26.9. The average Bonchev–Trinajstić information content (AvgIpc) is 3.64. The van der Waals surface area contributed by atoms with Crippen molar-refractivity contribution in [3.8, 4) is 0 Å². The molecule has 4 nitrogen and oxygen atoms in total. The molecule has 4 bridgehead atoms. The number of aromatic nitrogens is 4. The van der Waals surface area contributed by atoms with Gasteiger partial charge in [-0.1, -0.05) is 99.0 Å². The van der Waals surface area contributed by atoms with Crippen LogP contribution in [0.3, 0.4) is 0 Å². The Balaban J connectivity index is 0.972. The van der Waals surface area contributed by atoms with E-state index in [4.69, 9.17) is 19.9 Å². The maximum atomic E-state index is 5.18. The molecule has 6 unspecified atom stereocenters. The van der Waals surface area contributed by atoms with Crippen LogP contribution in [0.5, 0.6) is 0 Å². The van der Waals surface area contributed by atoms with Gasteiger partial charge >= 0.3 is 0 Å². The summed E-state index contributed by atoms with van der Waals surface area (Å²) in [5.41, 5.74) is 10.0. The lowest BCUT2D eigenvalue weighted by Crippen LogP contribution is -2.29. The molecule has 12 rings (SSSR count). The number of hydrogen-bond donors (Lipinski definition) is 0. The van der Waals surface area contributed by atoms with Gasteiger partial charge in [-0.3, -0.25) is 0 Å². The van der Waals surface area contributed by atoms with Crippen LogP contribution in [0.1, 0.15) is 86.5 Å². The number of allylic oxidation sites excluding steroid dienone is 4. The summed E-state index contributed by atoms with van der Waals surface area (Å²) in [7, 11) is 0. The van der Waals surface area contributed by atoms with Crippen LogP contribution in [0.4, 0.5) is 0 Å². The molecule has 220 valence electrons. The number of thioether (sulfide) groups is 4. The van der Waals surface area contributed by atoms with Crippen LogP contribution in [-0.4, -0.2) is 19.9 Å². The van der Waals surface area contributed by atoms with E-state index >= 15 is 0 Å². The molecule has 0 fully saturated rings. The van der Waals surface area contributed by atoms with Crippen LogP contribution >= 0.6 is 47.0 Å². The van der Waals surface area contributed by atoms with Crippen LogP contribution in [0.25, 0.3) is 22.1 Å². The largest absolute Gasteiger partial charge is 0.237 e. The van der Waals surface area contributed by atoms with E-state index in [0.29, 0.717) is 47.3 Å². The second-order valence-corrected chi connectivity index (χ2v) is 18.4. The topological polar surface area (TPSA) is 51.6 Å². The molecule has 2 aliphatic heterocycles. The van der Waals surface area contributed by atoms with Crippen molar-refractivity contribution in [1.82, 2.24) is 19.9 Å². The van der Waals surface area contributed by atoms with Crippen LogP contribution in [-0.2, 0) is 0 Å². The minimum absolute atomic E-state index is 0.503. The lowest BCUT2D eigenvalue weighted by molar-refractivity contribution is 0.287. The van der Waals surface area contributed by atoms with Crippen molar-refractivity contribution >= 4 is 69.1 Å². The zero-order chi connectivity index (χ0) is 29.4. The summed E-state index contributed by atoms with van der Waals surface area (Å²) in [4.78, 5) is 20.7. The van der Waals surface area contributed by atoms with E-state index in [1.165, 1.54) is 43.6 Å². The van der Waals surface area contributed by atoms with E-state index < -0.39 is 0 Å². The Labute approximate surface area is 274 Å². The molecule has 4 aromatic rings. The Morgan fingerprint density at radius 3 is 1.18 bits per heavy atom. The highest BCUT2D eigenvalue weighted by molar-refractivity contribution is 8.30. The quantitative estimate of drug-likeness (QED) is 0.199. The highest BCUT2D eigenvalue weighted by Crippen LogP contribution is 2.61. The van der Waals surface area contributed by atoms with Gasteiger partial charge in [0.25, 0.3) is 0 Å². The smallest absolute Gasteiger partial charge is 0.135 e. The van der Waals surface area contributed by atoms with Crippen molar-refractivity contribution in [2.45, 2.75) is 84.3 Å². The number of hydrogen-bond acceptors (Lipinski definition) is 8. The molecule has 4 heterocycles. The summed E-state index contributed by atoms with van der Waals surface area (Å²) in [6.07, 6.45) is 12.3. The minimum Gasteiger partial charge on any atom is -0.237 e. The van der Waals surface area contributed by atoms with Crippen LogP contribution in [0, 0.1) is 23.7 Å². The third kappa shape index (κ3) is 3.90. The monoisotopic (exact) mass is 648 g/mol. The van der Waals surface area contributed by atoms with Crippen molar-refractivity contribution in [2.24, 2.45) is 23.7 Å². The first-order valence-electron chi connectivity index (χ1n) is 15.9. The summed E-state index contributed by atoms with van der Waals surface area (Å²) in [6, 6.07) is 9.38. The maximum Gasteiger partial charge on any atom is 0.135 e. The summed E-state index contributed by atoms with van der Waals surface area (Å²) < 4.78 is 2.50. The molecular weight excluding hydrogens is 617 g/mol. The molecule has 0 saturated carbocycles. The molecule has 6 aliphatic carbocycles. The van der Waals surface area contributed by atoms with Crippen molar-refractivity contribution < 1.29 is 0 Å². The van der Waals surface area contributed by atoms with E-state index in [-0.39, 0.29) is 0 Å². The highest BCUT2D eigenvalue weighted by Gasteiger charge is 2.40. The second-order valence-electron chi connectivity index (χ2n) is 13.9. The van der Waals surface area contributed by atoms with Crippen molar-refractivity contribution in [1.29, 1.82) is 0 Å². The van der Waals surface area contributed by atoms with Gasteiger partial charge in [-0.25, -0.2) is 19.9 Å². The summed E-state index contributed by atoms with van der Waals surface area (Å²) in [5.74, 6) is 4.82. The van der Waals surface area contributed by atoms with Gasteiger partial charge in [0.2, 0.25) is 0 Å². The maximum absolute atomic E-state index is 5.18. The molecule has 0 radical (unpaired) electrons. The number of benzene rings is 2. The Kier molecular flexibility index (Phi) is 5.89. The van der Waals surface area contributed by atoms with E-state index in [1.807, 2.05) is 0 Å². The fourth-order valence-electron chi connectivity index (χ4n) is 8.58. The van der Waals surface area contributed by atoms with Crippen molar-refractivity contribution in [3.05, 3.63) is 79.3 Å². The molecule has 2 aromatic heterocycles. The fraction of sp³-hybridized carbons (Fsp3) is 0.389. The third-order valence-corrected chi connectivity index (χ3v) is 16.1. The Bertz CT molecular complexity index is 1900. The normalized spacial score (nSPS) is 30.6. The molecule has 0 spiro atoms. The Morgan fingerprint density at radius 2 is 0.841 bits per heavy atom. The Hall–Kier alpha value is -2.26. The first-order valence-corrected chi connectivity index (χ1v) is 19.2. The number of nitrogens with zero attached hydrogens (tertiary/aromatic N) is 4. The molecule has 44 heavy (non-hydrogen) atoms. The summed E-state index contributed by atoms with van der Waals surface area (Å²) in [6.45, 7) is 9.49. The van der Waals surface area contributed by atoms with Crippen LogP contribution in [0.2, 0.25) is 0 Å². The van der Waals surface area contributed by atoms with Crippen molar-refractivity contribution in [2.75, 3.05) is 0 Å². The van der Waals surface area contributed by atoms with Crippen molar-refractivity contribution in [3.63, 3.8) is 0 Å². The molecule has 0 amide bonds. The summed E-state index contributed by atoms with van der Waals surface area (Å²) >= 11 is 7.05.